The monoisotopic (exact) mass is 438 g/mol. The van der Waals surface area contributed by atoms with Crippen LogP contribution in [0.3, 0.4) is 0 Å². The van der Waals surface area contributed by atoms with Gasteiger partial charge >= 0.3 is 0 Å². The first-order valence-corrected chi connectivity index (χ1v) is 11.8. The van der Waals surface area contributed by atoms with Crippen LogP contribution in [0.5, 0.6) is 11.5 Å². The Kier molecular flexibility index (Phi) is 11.7. The van der Waals surface area contributed by atoms with Gasteiger partial charge in [0.15, 0.2) is 0 Å². The normalized spacial score (nSPS) is 11.3. The zero-order chi connectivity index (χ0) is 23.0. The van der Waals surface area contributed by atoms with Crippen molar-refractivity contribution in [3.05, 3.63) is 59.7 Å². The van der Waals surface area contributed by atoms with Crippen LogP contribution in [0.25, 0.3) is 0 Å². The predicted molar refractivity (Wildman–Crippen MR) is 133 cm³/mol. The Morgan fingerprint density at radius 3 is 2.03 bits per heavy atom. The molecule has 0 saturated heterocycles. The summed E-state index contributed by atoms with van der Waals surface area (Å²) in [5.74, 6) is 0.560. The largest absolute Gasteiger partial charge is 0.507 e. The van der Waals surface area contributed by atoms with Crippen LogP contribution in [-0.2, 0) is 0 Å². The van der Waals surface area contributed by atoms with Gasteiger partial charge in [-0.15, -0.1) is 10.2 Å². The summed E-state index contributed by atoms with van der Waals surface area (Å²) in [6, 6.07) is 14.7. The van der Waals surface area contributed by atoms with E-state index in [9.17, 15) is 5.11 Å². The van der Waals surface area contributed by atoms with Gasteiger partial charge in [-0.1, -0.05) is 95.0 Å². The van der Waals surface area contributed by atoms with Crippen molar-refractivity contribution in [2.75, 3.05) is 6.61 Å². The van der Waals surface area contributed by atoms with Crippen LogP contribution in [0, 0.1) is 0 Å². The average Bonchev–Trinajstić information content (AvgIpc) is 2.79. The van der Waals surface area contributed by atoms with Crippen LogP contribution >= 0.6 is 0 Å². The molecule has 2 aromatic rings. The average molecular weight is 439 g/mol. The molecule has 0 radical (unpaired) electrons. The van der Waals surface area contributed by atoms with Crippen molar-refractivity contribution in [1.82, 2.24) is 0 Å². The minimum atomic E-state index is -0.144. The Morgan fingerprint density at radius 2 is 1.44 bits per heavy atom. The zero-order valence-electron chi connectivity index (χ0n) is 19.3. The van der Waals surface area contributed by atoms with Crippen molar-refractivity contribution in [3.63, 3.8) is 0 Å². The van der Waals surface area contributed by atoms with Gasteiger partial charge in [0.1, 0.15) is 17.2 Å². The molecular weight excluding hydrogens is 400 g/mol. The van der Waals surface area contributed by atoms with Gasteiger partial charge in [-0.2, -0.15) is 0 Å². The molecule has 0 unspecified atom stereocenters. The first-order valence-electron chi connectivity index (χ1n) is 11.8. The summed E-state index contributed by atoms with van der Waals surface area (Å²) >= 11 is 0. The number of hydrogen-bond donors (Lipinski definition) is 3. The third kappa shape index (κ3) is 9.41. The Hall–Kier alpha value is -3.02. The summed E-state index contributed by atoms with van der Waals surface area (Å²) in [6.07, 6.45) is 12.9. The third-order valence-corrected chi connectivity index (χ3v) is 5.30. The van der Waals surface area contributed by atoms with E-state index in [4.69, 9.17) is 16.2 Å². The maximum absolute atomic E-state index is 10.6. The topological polar surface area (TPSA) is 106 Å². The number of nitrogens with zero attached hydrogens (tertiary/aromatic N) is 2. The van der Waals surface area contributed by atoms with E-state index in [1.54, 1.807) is 12.1 Å². The number of aromatic hydroxyl groups is 1. The molecule has 0 aromatic heterocycles. The second-order valence-corrected chi connectivity index (χ2v) is 8.05. The van der Waals surface area contributed by atoms with Gasteiger partial charge in [-0.05, 0) is 18.6 Å². The molecule has 32 heavy (non-hydrogen) atoms. The molecule has 6 heteroatoms. The van der Waals surface area contributed by atoms with E-state index < -0.39 is 0 Å². The van der Waals surface area contributed by atoms with Crippen molar-refractivity contribution in [1.29, 1.82) is 0 Å². The number of nitrogens with two attached hydrogens (primary N) is 2. The highest BCUT2D eigenvalue weighted by Crippen LogP contribution is 2.27. The number of guanidine groups is 1. The summed E-state index contributed by atoms with van der Waals surface area (Å²) in [4.78, 5) is 0. The van der Waals surface area contributed by atoms with Gasteiger partial charge in [0.25, 0.3) is 0 Å². The number of ether oxygens (including phenoxy) is 1. The molecule has 2 rings (SSSR count). The maximum Gasteiger partial charge on any atom is 0.211 e. The van der Waals surface area contributed by atoms with Gasteiger partial charge in [0, 0.05) is 17.2 Å². The quantitative estimate of drug-likeness (QED) is 0.143. The fourth-order valence-corrected chi connectivity index (χ4v) is 3.55. The van der Waals surface area contributed by atoms with E-state index >= 15 is 0 Å². The molecular formula is C26H38N4O2. The molecule has 0 aliphatic carbocycles. The number of hydrogen-bond acceptors (Lipinski definition) is 4. The maximum atomic E-state index is 10.6. The Balaban J connectivity index is 1.82. The highest BCUT2D eigenvalue weighted by molar-refractivity contribution is 6.14. The lowest BCUT2D eigenvalue weighted by atomic mass is 10.0. The Labute approximate surface area is 192 Å². The molecule has 0 aliphatic heterocycles. The van der Waals surface area contributed by atoms with Crippen LogP contribution in [0.4, 0.5) is 0 Å². The summed E-state index contributed by atoms with van der Waals surface area (Å²) in [7, 11) is 0. The van der Waals surface area contributed by atoms with Gasteiger partial charge < -0.3 is 21.3 Å². The molecule has 2 aromatic carbocycles. The predicted octanol–water partition coefficient (Wildman–Crippen LogP) is 5.72. The standard InChI is InChI=1S/C26H38N4O2/c1-2-3-4-5-6-7-8-9-10-14-19-32-22-17-18-23(24(31)20-22)25(29-30-26(27)28)21-15-12-11-13-16-21/h11-13,15-18,20,31H,2-10,14,19H2,1H3,(H4,27,28,30)/b29-25+. The molecule has 6 nitrogen and oxygen atoms in total. The minimum Gasteiger partial charge on any atom is -0.507 e. The van der Waals surface area contributed by atoms with Crippen molar-refractivity contribution in [2.45, 2.75) is 71.1 Å². The van der Waals surface area contributed by atoms with E-state index in [2.05, 4.69) is 17.1 Å². The van der Waals surface area contributed by atoms with Gasteiger partial charge in [-0.25, -0.2) is 0 Å². The highest BCUT2D eigenvalue weighted by Gasteiger charge is 2.13. The van der Waals surface area contributed by atoms with Gasteiger partial charge in [-0.3, -0.25) is 0 Å². The van der Waals surface area contributed by atoms with E-state index in [0.717, 1.165) is 12.0 Å². The molecule has 0 spiro atoms. The number of rotatable bonds is 15. The van der Waals surface area contributed by atoms with E-state index in [1.165, 1.54) is 57.8 Å². The van der Waals surface area contributed by atoms with Crippen molar-refractivity contribution < 1.29 is 9.84 Å². The fraction of sp³-hybridized carbons (Fsp3) is 0.462. The molecule has 0 fully saturated rings. The van der Waals surface area contributed by atoms with Gasteiger partial charge in [0.05, 0.1) is 6.61 Å². The van der Waals surface area contributed by atoms with E-state index in [1.807, 2.05) is 36.4 Å². The summed E-state index contributed by atoms with van der Waals surface area (Å²) in [5.41, 5.74) is 12.7. The van der Waals surface area contributed by atoms with Crippen LogP contribution in [0.1, 0.15) is 82.3 Å². The Morgan fingerprint density at radius 1 is 0.812 bits per heavy atom. The molecule has 0 aliphatic rings. The second kappa shape index (κ2) is 14.9. The molecule has 0 saturated carbocycles. The van der Waals surface area contributed by atoms with Crippen molar-refractivity contribution in [3.8, 4) is 11.5 Å². The lowest BCUT2D eigenvalue weighted by molar-refractivity contribution is 0.302. The number of benzene rings is 2. The highest BCUT2D eigenvalue weighted by atomic mass is 16.5. The van der Waals surface area contributed by atoms with Gasteiger partial charge in [0.2, 0.25) is 5.96 Å². The van der Waals surface area contributed by atoms with E-state index in [-0.39, 0.29) is 11.7 Å². The lowest BCUT2D eigenvalue weighted by Gasteiger charge is -2.11. The van der Waals surface area contributed by atoms with Crippen molar-refractivity contribution in [2.24, 2.45) is 21.7 Å². The second-order valence-electron chi connectivity index (χ2n) is 8.05. The number of unbranched alkanes of at least 4 members (excludes halogenated alkanes) is 9. The smallest absolute Gasteiger partial charge is 0.211 e. The molecule has 0 bridgehead atoms. The summed E-state index contributed by atoms with van der Waals surface area (Å²) < 4.78 is 5.83. The number of phenolic OH excluding ortho intramolecular Hbond substituents is 1. The Bertz CT molecular complexity index is 846. The molecule has 0 atom stereocenters. The summed E-state index contributed by atoms with van der Waals surface area (Å²) in [5, 5.41) is 18.5. The van der Waals surface area contributed by atoms with Crippen LogP contribution < -0.4 is 16.2 Å². The minimum absolute atomic E-state index is 0.0685. The SMILES string of the molecule is CCCCCCCCCCCCOc1ccc(/C(=N/N=C(N)N)c2ccccc2)c(O)c1. The van der Waals surface area contributed by atoms with Crippen LogP contribution in [-0.4, -0.2) is 23.4 Å². The molecule has 5 N–H and O–H groups in total. The van der Waals surface area contributed by atoms with Crippen LogP contribution in [0.2, 0.25) is 0 Å². The van der Waals surface area contributed by atoms with Crippen LogP contribution in [0.15, 0.2) is 58.7 Å². The summed E-state index contributed by atoms with van der Waals surface area (Å²) in [6.45, 7) is 2.89. The lowest BCUT2D eigenvalue weighted by Crippen LogP contribution is -2.22. The molecule has 0 amide bonds. The van der Waals surface area contributed by atoms with Crippen molar-refractivity contribution >= 4 is 11.7 Å². The first-order chi connectivity index (χ1) is 15.6. The third-order valence-electron chi connectivity index (χ3n) is 5.30. The molecule has 174 valence electrons. The van der Waals surface area contributed by atoms with E-state index in [0.29, 0.717) is 23.6 Å². The first kappa shape index (κ1) is 25.2. The molecule has 0 heterocycles. The number of phenols is 1. The fourth-order valence-electron chi connectivity index (χ4n) is 3.55. The zero-order valence-corrected chi connectivity index (χ0v) is 19.3.